The van der Waals surface area contributed by atoms with Crippen molar-refractivity contribution >= 4 is 0 Å². The van der Waals surface area contributed by atoms with Crippen molar-refractivity contribution in [1.29, 1.82) is 0 Å². The van der Waals surface area contributed by atoms with Crippen LogP contribution in [0, 0.1) is 0 Å². The fourth-order valence-corrected chi connectivity index (χ4v) is 0.843. The zero-order valence-corrected chi connectivity index (χ0v) is 7.45. The highest BCUT2D eigenvalue weighted by Crippen LogP contribution is 2.00. The molecule has 2 atom stereocenters. The second-order valence-corrected chi connectivity index (χ2v) is 3.04. The van der Waals surface area contributed by atoms with E-state index < -0.39 is 0 Å². The van der Waals surface area contributed by atoms with Crippen LogP contribution in [0.15, 0.2) is 23.0 Å². The lowest BCUT2D eigenvalue weighted by Gasteiger charge is -2.15. The van der Waals surface area contributed by atoms with Gasteiger partial charge >= 0.3 is 0 Å². The molecule has 0 radical (unpaired) electrons. The van der Waals surface area contributed by atoms with E-state index >= 15 is 0 Å². The zero-order valence-electron chi connectivity index (χ0n) is 7.45. The molecule has 1 heterocycles. The van der Waals surface area contributed by atoms with E-state index in [0.29, 0.717) is 0 Å². The molecule has 3 nitrogen and oxygen atoms in total. The van der Waals surface area contributed by atoms with E-state index in [-0.39, 0.29) is 12.1 Å². The summed E-state index contributed by atoms with van der Waals surface area (Å²) in [6, 6.07) is 2.02. The van der Waals surface area contributed by atoms with Gasteiger partial charge in [-0.2, -0.15) is 0 Å². The third kappa shape index (κ3) is 2.68. The summed E-state index contributed by atoms with van der Waals surface area (Å²) in [5, 5.41) is 12.3. The summed E-state index contributed by atoms with van der Waals surface area (Å²) in [7, 11) is 0. The van der Waals surface area contributed by atoms with Gasteiger partial charge < -0.3 is 14.8 Å². The average Bonchev–Trinajstić information content (AvgIpc) is 2.51. The normalized spacial score (nSPS) is 15.9. The summed E-state index contributed by atoms with van der Waals surface area (Å²) in [5.74, 6) is 0. The summed E-state index contributed by atoms with van der Waals surface area (Å²) in [5.41, 5.74) is 1.10. The van der Waals surface area contributed by atoms with Crippen molar-refractivity contribution < 1.29 is 9.52 Å². The lowest BCUT2D eigenvalue weighted by Crippen LogP contribution is -2.34. The summed E-state index contributed by atoms with van der Waals surface area (Å²) >= 11 is 0. The van der Waals surface area contributed by atoms with Gasteiger partial charge in [0.05, 0.1) is 18.6 Å². The molecule has 0 saturated heterocycles. The van der Waals surface area contributed by atoms with Gasteiger partial charge in [0.15, 0.2) is 0 Å². The molecule has 0 amide bonds. The first-order valence-corrected chi connectivity index (χ1v) is 4.12. The SMILES string of the molecule is CC(O)C(C)NCc1ccoc1. The maximum absolute atomic E-state index is 9.16. The Labute approximate surface area is 72.4 Å². The topological polar surface area (TPSA) is 45.4 Å². The Morgan fingerprint density at radius 3 is 2.83 bits per heavy atom. The molecule has 0 aromatic carbocycles. The van der Waals surface area contributed by atoms with Crippen molar-refractivity contribution in [2.24, 2.45) is 0 Å². The first-order chi connectivity index (χ1) is 5.70. The highest BCUT2D eigenvalue weighted by Gasteiger charge is 2.07. The van der Waals surface area contributed by atoms with E-state index in [1.807, 2.05) is 13.0 Å². The predicted molar refractivity (Wildman–Crippen MR) is 46.7 cm³/mol. The lowest BCUT2D eigenvalue weighted by molar-refractivity contribution is 0.152. The quantitative estimate of drug-likeness (QED) is 0.710. The van der Waals surface area contributed by atoms with Gasteiger partial charge in [0, 0.05) is 18.2 Å². The lowest BCUT2D eigenvalue weighted by atomic mass is 10.2. The monoisotopic (exact) mass is 169 g/mol. The van der Waals surface area contributed by atoms with Gasteiger partial charge in [-0.1, -0.05) is 0 Å². The van der Waals surface area contributed by atoms with Crippen LogP contribution in [0.1, 0.15) is 19.4 Å². The van der Waals surface area contributed by atoms with E-state index in [2.05, 4.69) is 5.32 Å². The number of rotatable bonds is 4. The van der Waals surface area contributed by atoms with E-state index in [1.54, 1.807) is 19.5 Å². The van der Waals surface area contributed by atoms with Gasteiger partial charge in [-0.05, 0) is 19.9 Å². The Morgan fingerprint density at radius 1 is 1.58 bits per heavy atom. The molecular weight excluding hydrogens is 154 g/mol. The molecule has 3 heteroatoms. The van der Waals surface area contributed by atoms with Crippen LogP contribution in [-0.4, -0.2) is 17.3 Å². The molecule has 0 spiro atoms. The van der Waals surface area contributed by atoms with E-state index in [9.17, 15) is 0 Å². The molecule has 12 heavy (non-hydrogen) atoms. The van der Waals surface area contributed by atoms with Crippen LogP contribution in [0.2, 0.25) is 0 Å². The molecule has 0 aliphatic heterocycles. The average molecular weight is 169 g/mol. The minimum atomic E-state index is -0.322. The Morgan fingerprint density at radius 2 is 2.33 bits per heavy atom. The van der Waals surface area contributed by atoms with Gasteiger partial charge in [0.2, 0.25) is 0 Å². The minimum Gasteiger partial charge on any atom is -0.472 e. The molecule has 0 saturated carbocycles. The van der Waals surface area contributed by atoms with Crippen LogP contribution in [-0.2, 0) is 6.54 Å². The summed E-state index contributed by atoms with van der Waals surface area (Å²) in [4.78, 5) is 0. The zero-order chi connectivity index (χ0) is 8.97. The van der Waals surface area contributed by atoms with Crippen molar-refractivity contribution in [2.45, 2.75) is 32.5 Å². The second-order valence-electron chi connectivity index (χ2n) is 3.04. The summed E-state index contributed by atoms with van der Waals surface area (Å²) in [6.07, 6.45) is 3.02. The number of furan rings is 1. The maximum atomic E-state index is 9.16. The molecule has 2 unspecified atom stereocenters. The minimum absolute atomic E-state index is 0.111. The summed E-state index contributed by atoms with van der Waals surface area (Å²) in [6.45, 7) is 4.46. The third-order valence-corrected chi connectivity index (χ3v) is 1.93. The van der Waals surface area contributed by atoms with Crippen LogP contribution in [0.4, 0.5) is 0 Å². The first-order valence-electron chi connectivity index (χ1n) is 4.12. The van der Waals surface area contributed by atoms with Crippen LogP contribution >= 0.6 is 0 Å². The standard InChI is InChI=1S/C9H15NO2/c1-7(8(2)11)10-5-9-3-4-12-6-9/h3-4,6-8,10-11H,5H2,1-2H3. The van der Waals surface area contributed by atoms with Gasteiger partial charge in [-0.3, -0.25) is 0 Å². The van der Waals surface area contributed by atoms with Crippen molar-refractivity contribution in [2.75, 3.05) is 0 Å². The number of hydrogen-bond acceptors (Lipinski definition) is 3. The first kappa shape index (κ1) is 9.29. The smallest absolute Gasteiger partial charge is 0.0947 e. The third-order valence-electron chi connectivity index (χ3n) is 1.93. The number of aliphatic hydroxyl groups excluding tert-OH is 1. The maximum Gasteiger partial charge on any atom is 0.0947 e. The molecule has 0 aliphatic rings. The van der Waals surface area contributed by atoms with Crippen LogP contribution in [0.25, 0.3) is 0 Å². The molecule has 1 rings (SSSR count). The van der Waals surface area contributed by atoms with Gasteiger partial charge in [-0.25, -0.2) is 0 Å². The van der Waals surface area contributed by atoms with Crippen molar-refractivity contribution in [3.8, 4) is 0 Å². The molecule has 1 aromatic rings. The Balaban J connectivity index is 2.27. The number of hydrogen-bond donors (Lipinski definition) is 2. The van der Waals surface area contributed by atoms with Gasteiger partial charge in [0.1, 0.15) is 0 Å². The summed E-state index contributed by atoms with van der Waals surface area (Å²) < 4.78 is 4.90. The number of nitrogens with one attached hydrogen (secondary N) is 1. The van der Waals surface area contributed by atoms with E-state index in [0.717, 1.165) is 12.1 Å². The molecule has 2 N–H and O–H groups in total. The Bertz CT molecular complexity index is 206. The predicted octanol–water partition coefficient (Wildman–Crippen LogP) is 1.14. The molecule has 0 aliphatic carbocycles. The molecule has 0 bridgehead atoms. The molecular formula is C9H15NO2. The highest BCUT2D eigenvalue weighted by atomic mass is 16.3. The molecule has 1 aromatic heterocycles. The largest absolute Gasteiger partial charge is 0.472 e. The fourth-order valence-electron chi connectivity index (χ4n) is 0.843. The van der Waals surface area contributed by atoms with E-state index in [1.165, 1.54) is 0 Å². The van der Waals surface area contributed by atoms with Crippen molar-refractivity contribution in [1.82, 2.24) is 5.32 Å². The Hall–Kier alpha value is -0.800. The molecule has 0 fully saturated rings. The number of aliphatic hydroxyl groups is 1. The van der Waals surface area contributed by atoms with Crippen LogP contribution in [0.3, 0.4) is 0 Å². The van der Waals surface area contributed by atoms with Crippen LogP contribution < -0.4 is 5.32 Å². The van der Waals surface area contributed by atoms with Gasteiger partial charge in [-0.15, -0.1) is 0 Å². The fraction of sp³-hybridized carbons (Fsp3) is 0.556. The van der Waals surface area contributed by atoms with Crippen LogP contribution in [0.5, 0.6) is 0 Å². The second kappa shape index (κ2) is 4.28. The van der Waals surface area contributed by atoms with E-state index in [4.69, 9.17) is 9.52 Å². The van der Waals surface area contributed by atoms with Gasteiger partial charge in [0.25, 0.3) is 0 Å². The highest BCUT2D eigenvalue weighted by molar-refractivity contribution is 5.04. The Kier molecular flexibility index (Phi) is 3.31. The van der Waals surface area contributed by atoms with Crippen molar-refractivity contribution in [3.05, 3.63) is 24.2 Å². The molecule has 68 valence electrons. The van der Waals surface area contributed by atoms with Crippen molar-refractivity contribution in [3.63, 3.8) is 0 Å².